The van der Waals surface area contributed by atoms with Gasteiger partial charge in [-0.1, -0.05) is 18.9 Å². The Morgan fingerprint density at radius 3 is 2.52 bits per heavy atom. The summed E-state index contributed by atoms with van der Waals surface area (Å²) in [6, 6.07) is 4.46. The number of anilines is 1. The van der Waals surface area contributed by atoms with Crippen LogP contribution in [0.15, 0.2) is 18.2 Å². The second-order valence-corrected chi connectivity index (χ2v) is 6.16. The lowest BCUT2D eigenvalue weighted by Crippen LogP contribution is -2.32. The van der Waals surface area contributed by atoms with E-state index in [9.17, 15) is 14.4 Å². The number of amides is 4. The summed E-state index contributed by atoms with van der Waals surface area (Å²) in [5, 5.41) is 8.56. The van der Waals surface area contributed by atoms with Gasteiger partial charge in [0.15, 0.2) is 0 Å². The van der Waals surface area contributed by atoms with Crippen molar-refractivity contribution < 1.29 is 14.4 Å². The molecule has 1 aromatic carbocycles. The predicted molar refractivity (Wildman–Crippen MR) is 94.6 cm³/mol. The predicted octanol–water partition coefficient (Wildman–Crippen LogP) is 1.69. The smallest absolute Gasteiger partial charge is 0.317 e. The highest BCUT2D eigenvalue weighted by molar-refractivity contribution is 6.14. The molecule has 0 bridgehead atoms. The molecule has 0 aliphatic heterocycles. The van der Waals surface area contributed by atoms with Crippen LogP contribution < -0.4 is 21.7 Å². The molecule has 25 heavy (non-hydrogen) atoms. The molecule has 132 valence electrons. The highest BCUT2D eigenvalue weighted by atomic mass is 16.2. The van der Waals surface area contributed by atoms with E-state index in [2.05, 4.69) is 20.9 Å². The number of hydrogen-bond donors (Lipinski definition) is 5. The minimum absolute atomic E-state index is 0.144. The summed E-state index contributed by atoms with van der Waals surface area (Å²) in [5.74, 6) is -0.303. The third kappa shape index (κ3) is 3.42. The van der Waals surface area contributed by atoms with Crippen molar-refractivity contribution in [1.82, 2.24) is 15.6 Å². The highest BCUT2D eigenvalue weighted by Crippen LogP contribution is 2.27. The Morgan fingerprint density at radius 2 is 1.88 bits per heavy atom. The van der Waals surface area contributed by atoms with E-state index in [1.807, 2.05) is 0 Å². The van der Waals surface area contributed by atoms with Crippen LogP contribution in [0.3, 0.4) is 0 Å². The summed E-state index contributed by atoms with van der Waals surface area (Å²) in [5.41, 5.74) is 6.50. The van der Waals surface area contributed by atoms with Gasteiger partial charge in [-0.2, -0.15) is 0 Å². The monoisotopic (exact) mass is 343 g/mol. The Kier molecular flexibility index (Phi) is 4.60. The summed E-state index contributed by atoms with van der Waals surface area (Å²) >= 11 is 0. The van der Waals surface area contributed by atoms with Gasteiger partial charge in [-0.3, -0.25) is 14.9 Å². The normalized spacial score (nSPS) is 14.4. The summed E-state index contributed by atoms with van der Waals surface area (Å²) in [6.07, 6.45) is 4.28. The fourth-order valence-electron chi connectivity index (χ4n) is 3.26. The van der Waals surface area contributed by atoms with Gasteiger partial charge < -0.3 is 21.4 Å². The van der Waals surface area contributed by atoms with Crippen LogP contribution in [-0.4, -0.2) is 35.9 Å². The zero-order chi connectivity index (χ0) is 18.0. The maximum Gasteiger partial charge on any atom is 0.317 e. The van der Waals surface area contributed by atoms with Crippen molar-refractivity contribution in [2.24, 2.45) is 5.73 Å². The Bertz CT molecular complexity index is 836. The van der Waals surface area contributed by atoms with E-state index in [1.165, 1.54) is 7.05 Å². The first-order valence-corrected chi connectivity index (χ1v) is 8.24. The van der Waals surface area contributed by atoms with Gasteiger partial charge in [0, 0.05) is 29.6 Å². The van der Waals surface area contributed by atoms with Crippen LogP contribution in [0.2, 0.25) is 0 Å². The molecule has 1 fully saturated rings. The average Bonchev–Trinajstić information content (AvgIpc) is 3.19. The van der Waals surface area contributed by atoms with Gasteiger partial charge in [-0.15, -0.1) is 0 Å². The van der Waals surface area contributed by atoms with Crippen LogP contribution in [-0.2, 0) is 0 Å². The van der Waals surface area contributed by atoms with Gasteiger partial charge in [-0.05, 0) is 25.0 Å². The lowest BCUT2D eigenvalue weighted by atomic mass is 10.1. The number of benzene rings is 1. The zero-order valence-corrected chi connectivity index (χ0v) is 13.9. The third-order valence-corrected chi connectivity index (χ3v) is 4.45. The lowest BCUT2D eigenvalue weighted by Gasteiger charge is -2.11. The number of fused-ring (bicyclic) bond motifs is 1. The van der Waals surface area contributed by atoms with E-state index in [-0.39, 0.29) is 29.2 Å². The summed E-state index contributed by atoms with van der Waals surface area (Å²) in [4.78, 5) is 38.7. The molecular formula is C17H21N5O3. The molecule has 0 spiro atoms. The maximum absolute atomic E-state index is 12.4. The topological polar surface area (TPSA) is 129 Å². The summed E-state index contributed by atoms with van der Waals surface area (Å²) in [7, 11) is 1.50. The lowest BCUT2D eigenvalue weighted by molar-refractivity contribution is 0.0936. The molecule has 8 heteroatoms. The third-order valence-electron chi connectivity index (χ3n) is 4.45. The number of carbonyl (C=O) groups is 3. The Morgan fingerprint density at radius 1 is 1.16 bits per heavy atom. The molecule has 8 nitrogen and oxygen atoms in total. The fraction of sp³-hybridized carbons (Fsp3) is 0.353. The number of nitrogens with two attached hydrogens (primary N) is 1. The van der Waals surface area contributed by atoms with Gasteiger partial charge in [0.2, 0.25) is 0 Å². The Labute approximate surface area is 144 Å². The quantitative estimate of drug-likeness (QED) is 0.579. The van der Waals surface area contributed by atoms with Crippen LogP contribution in [0.5, 0.6) is 0 Å². The standard InChI is InChI=1S/C17H21N5O3/c1-19-16(24)13-11-7-6-9(15(23)20-10-4-2-3-5-10)8-12(11)21-14(13)22-17(18)25/h6-8,10,21H,2-5H2,1H3,(H,19,24)(H,20,23)(H3,18,22,25). The van der Waals surface area contributed by atoms with Crippen molar-refractivity contribution in [2.75, 3.05) is 12.4 Å². The molecule has 0 unspecified atom stereocenters. The van der Waals surface area contributed by atoms with E-state index < -0.39 is 6.03 Å². The van der Waals surface area contributed by atoms with Crippen LogP contribution in [0.1, 0.15) is 46.4 Å². The Balaban J connectivity index is 1.95. The largest absolute Gasteiger partial charge is 0.355 e. The number of primary amides is 1. The minimum Gasteiger partial charge on any atom is -0.355 e. The van der Waals surface area contributed by atoms with Crippen LogP contribution in [0, 0.1) is 0 Å². The van der Waals surface area contributed by atoms with Gasteiger partial charge in [0.05, 0.1) is 5.56 Å². The second kappa shape index (κ2) is 6.84. The van der Waals surface area contributed by atoms with E-state index in [4.69, 9.17) is 5.73 Å². The molecule has 0 radical (unpaired) electrons. The number of rotatable bonds is 4. The summed E-state index contributed by atoms with van der Waals surface area (Å²) < 4.78 is 0. The summed E-state index contributed by atoms with van der Waals surface area (Å²) in [6.45, 7) is 0. The van der Waals surface area contributed by atoms with E-state index in [0.717, 1.165) is 25.7 Å². The second-order valence-electron chi connectivity index (χ2n) is 6.16. The van der Waals surface area contributed by atoms with Gasteiger partial charge in [0.1, 0.15) is 5.82 Å². The highest BCUT2D eigenvalue weighted by Gasteiger charge is 2.21. The first kappa shape index (κ1) is 16.8. The molecular weight excluding hydrogens is 322 g/mol. The molecule has 3 rings (SSSR count). The van der Waals surface area contributed by atoms with Crippen molar-refractivity contribution in [3.8, 4) is 0 Å². The molecule has 1 saturated carbocycles. The minimum atomic E-state index is -0.782. The molecule has 4 amide bonds. The SMILES string of the molecule is CNC(=O)c1c(NC(N)=O)[nH]c2cc(C(=O)NC3CCCC3)ccc12. The van der Waals surface area contributed by atoms with Crippen molar-refractivity contribution >= 4 is 34.6 Å². The molecule has 0 atom stereocenters. The zero-order valence-electron chi connectivity index (χ0n) is 13.9. The first-order valence-electron chi connectivity index (χ1n) is 8.24. The Hall–Kier alpha value is -3.03. The van der Waals surface area contributed by atoms with E-state index >= 15 is 0 Å². The molecule has 1 heterocycles. The van der Waals surface area contributed by atoms with Crippen molar-refractivity contribution in [2.45, 2.75) is 31.7 Å². The molecule has 1 aromatic heterocycles. The maximum atomic E-state index is 12.4. The average molecular weight is 343 g/mol. The van der Waals surface area contributed by atoms with E-state index in [0.29, 0.717) is 16.5 Å². The van der Waals surface area contributed by atoms with Gasteiger partial charge in [0.25, 0.3) is 11.8 Å². The molecule has 1 aliphatic carbocycles. The molecule has 0 saturated heterocycles. The van der Waals surface area contributed by atoms with Crippen LogP contribution in [0.4, 0.5) is 10.6 Å². The number of aromatic amines is 1. The molecule has 1 aliphatic rings. The number of H-pyrrole nitrogens is 1. The number of urea groups is 1. The van der Waals surface area contributed by atoms with Crippen molar-refractivity contribution in [1.29, 1.82) is 0 Å². The van der Waals surface area contributed by atoms with Crippen LogP contribution >= 0.6 is 0 Å². The van der Waals surface area contributed by atoms with Gasteiger partial charge >= 0.3 is 6.03 Å². The van der Waals surface area contributed by atoms with E-state index in [1.54, 1.807) is 18.2 Å². The number of nitrogens with one attached hydrogen (secondary N) is 4. The molecule has 6 N–H and O–H groups in total. The fourth-order valence-corrected chi connectivity index (χ4v) is 3.26. The van der Waals surface area contributed by atoms with Crippen molar-refractivity contribution in [3.63, 3.8) is 0 Å². The van der Waals surface area contributed by atoms with Gasteiger partial charge in [-0.25, -0.2) is 4.79 Å². The first-order chi connectivity index (χ1) is 12.0. The number of aromatic nitrogens is 1. The number of hydrogen-bond acceptors (Lipinski definition) is 3. The molecule has 2 aromatic rings. The van der Waals surface area contributed by atoms with Crippen LogP contribution in [0.25, 0.3) is 10.9 Å². The number of carbonyl (C=O) groups excluding carboxylic acids is 3. The van der Waals surface area contributed by atoms with Crippen molar-refractivity contribution in [3.05, 3.63) is 29.3 Å².